The molecule has 0 amide bonds. The fourth-order valence-corrected chi connectivity index (χ4v) is 2.34. The molecule has 1 unspecified atom stereocenters. The van der Waals surface area contributed by atoms with E-state index < -0.39 is 13.2 Å². The Labute approximate surface area is 109 Å². The van der Waals surface area contributed by atoms with E-state index in [-0.39, 0.29) is 5.76 Å². The first-order chi connectivity index (χ1) is 8.50. The summed E-state index contributed by atoms with van der Waals surface area (Å²) in [6, 6.07) is 7.27. The number of rotatable bonds is 3. The summed E-state index contributed by atoms with van der Waals surface area (Å²) in [6.07, 6.45) is 1.97. The van der Waals surface area contributed by atoms with E-state index in [9.17, 15) is 8.63 Å². The lowest BCUT2D eigenvalue weighted by atomic mass is 10.1. The average Bonchev–Trinajstić information content (AvgIpc) is 2.27. The van der Waals surface area contributed by atoms with E-state index in [4.69, 9.17) is 0 Å². The van der Waals surface area contributed by atoms with E-state index in [1.165, 1.54) is 6.92 Å². The number of hydrogen-bond acceptors (Lipinski definition) is 3. The number of benzene rings is 1. The summed E-state index contributed by atoms with van der Waals surface area (Å²) in [4.78, 5) is 1.10. The highest BCUT2D eigenvalue weighted by Gasteiger charge is 2.41. The van der Waals surface area contributed by atoms with Crippen molar-refractivity contribution in [2.45, 2.75) is 24.8 Å². The van der Waals surface area contributed by atoms with E-state index in [0.717, 1.165) is 10.6 Å². The van der Waals surface area contributed by atoms with Gasteiger partial charge in [-0.15, -0.1) is 11.8 Å². The minimum absolute atomic E-state index is 0.0619. The van der Waals surface area contributed by atoms with Gasteiger partial charge in [0.05, 0.1) is 0 Å². The third-order valence-corrected chi connectivity index (χ3v) is 3.27. The highest BCUT2D eigenvalue weighted by molar-refractivity contribution is 7.99. The second-order valence-corrected chi connectivity index (χ2v) is 5.20. The van der Waals surface area contributed by atoms with E-state index in [2.05, 4.69) is 22.3 Å². The molecular formula is C12H13BF2O2S. The van der Waals surface area contributed by atoms with Gasteiger partial charge in [0.2, 0.25) is 0 Å². The van der Waals surface area contributed by atoms with Crippen LogP contribution in [-0.2, 0) is 9.31 Å². The van der Waals surface area contributed by atoms with Gasteiger partial charge in [0.1, 0.15) is 6.08 Å². The lowest BCUT2D eigenvalue weighted by Gasteiger charge is -2.29. The molecule has 0 aromatic heterocycles. The Morgan fingerprint density at radius 1 is 1.33 bits per heavy atom. The summed E-state index contributed by atoms with van der Waals surface area (Å²) >= 11 is 1.69. The van der Waals surface area contributed by atoms with Crippen LogP contribution in [0.25, 0.3) is 5.76 Å². The highest BCUT2D eigenvalue weighted by atomic mass is 32.2. The zero-order valence-corrected chi connectivity index (χ0v) is 11.0. The average molecular weight is 270 g/mol. The molecule has 2 rings (SSSR count). The molecule has 0 fully saturated rings. The molecule has 1 aromatic rings. The predicted octanol–water partition coefficient (Wildman–Crippen LogP) is 3.75. The molecule has 0 N–H and O–H groups in total. The summed E-state index contributed by atoms with van der Waals surface area (Å²) in [7, 11) is -4.24. The van der Waals surface area contributed by atoms with Gasteiger partial charge in [0.15, 0.2) is 11.7 Å². The van der Waals surface area contributed by atoms with Crippen molar-refractivity contribution in [2.24, 2.45) is 0 Å². The molecule has 1 aromatic carbocycles. The molecule has 6 heteroatoms. The molecule has 0 spiro atoms. The highest BCUT2D eigenvalue weighted by Crippen LogP contribution is 2.30. The van der Waals surface area contributed by atoms with Crippen LogP contribution in [0, 0.1) is 6.08 Å². The fraction of sp³-hybridized carbons (Fsp3) is 0.333. The summed E-state index contributed by atoms with van der Waals surface area (Å²) < 4.78 is 35.2. The van der Waals surface area contributed by atoms with Crippen molar-refractivity contribution in [2.75, 3.05) is 5.75 Å². The van der Waals surface area contributed by atoms with Gasteiger partial charge in [0.25, 0.3) is 0 Å². The van der Waals surface area contributed by atoms with Crippen LogP contribution >= 0.6 is 11.8 Å². The minimum Gasteiger partial charge on any atom is -0.601 e. The van der Waals surface area contributed by atoms with Crippen molar-refractivity contribution in [3.63, 3.8) is 0 Å². The van der Waals surface area contributed by atoms with Gasteiger partial charge < -0.3 is 17.9 Å². The van der Waals surface area contributed by atoms with Crippen LogP contribution in [0.2, 0.25) is 0 Å². The normalized spacial score (nSPS) is 21.8. The summed E-state index contributed by atoms with van der Waals surface area (Å²) in [5.74, 6) is 1.03. The first-order valence-corrected chi connectivity index (χ1v) is 6.72. The molecule has 1 aliphatic rings. The van der Waals surface area contributed by atoms with E-state index in [0.29, 0.717) is 5.56 Å². The van der Waals surface area contributed by atoms with Gasteiger partial charge in [-0.2, -0.15) is 0 Å². The maximum absolute atomic E-state index is 13.1. The van der Waals surface area contributed by atoms with Gasteiger partial charge in [-0.3, -0.25) is 0 Å². The number of halogens is 2. The monoisotopic (exact) mass is 270 g/mol. The Balaban J connectivity index is 2.20. The lowest BCUT2D eigenvalue weighted by Crippen LogP contribution is -2.38. The van der Waals surface area contributed by atoms with E-state index in [1.54, 1.807) is 23.9 Å². The van der Waals surface area contributed by atoms with Gasteiger partial charge in [0, 0.05) is 17.0 Å². The Morgan fingerprint density at radius 2 is 2.00 bits per heavy atom. The van der Waals surface area contributed by atoms with Gasteiger partial charge in [-0.1, -0.05) is 6.92 Å². The molecular weight excluding hydrogens is 257 g/mol. The molecule has 1 atom stereocenters. The van der Waals surface area contributed by atoms with Crippen LogP contribution < -0.4 is 0 Å². The zero-order chi connectivity index (χ0) is 13.2. The van der Waals surface area contributed by atoms with Crippen molar-refractivity contribution >= 4 is 24.6 Å². The van der Waals surface area contributed by atoms with Crippen molar-refractivity contribution < 1.29 is 17.9 Å². The van der Waals surface area contributed by atoms with Gasteiger partial charge in [-0.05, 0) is 24.8 Å². The molecule has 0 radical (unpaired) electrons. The largest absolute Gasteiger partial charge is 0.668 e. The fourth-order valence-electron chi connectivity index (χ4n) is 1.68. The van der Waals surface area contributed by atoms with Crippen LogP contribution in [0.5, 0.6) is 0 Å². The maximum Gasteiger partial charge on any atom is 0.668 e. The zero-order valence-electron chi connectivity index (χ0n) is 10.2. The van der Waals surface area contributed by atoms with Crippen molar-refractivity contribution in [1.29, 1.82) is 0 Å². The molecule has 2 nitrogen and oxygen atoms in total. The maximum atomic E-state index is 13.1. The van der Waals surface area contributed by atoms with Crippen LogP contribution in [0.15, 0.2) is 29.2 Å². The second kappa shape index (κ2) is 5.27. The molecule has 1 heterocycles. The number of thioether (sulfide) groups is 1. The van der Waals surface area contributed by atoms with Crippen LogP contribution in [0.4, 0.5) is 8.63 Å². The summed E-state index contributed by atoms with van der Waals surface area (Å²) in [6.45, 7) is 3.57. The first kappa shape index (κ1) is 13.3. The molecule has 0 bridgehead atoms. The summed E-state index contributed by atoms with van der Waals surface area (Å²) in [5.41, 5.74) is 0.590. The predicted molar refractivity (Wildman–Crippen MR) is 69.1 cm³/mol. The van der Waals surface area contributed by atoms with Crippen LogP contribution in [0.1, 0.15) is 19.4 Å². The van der Waals surface area contributed by atoms with Crippen molar-refractivity contribution in [3.05, 3.63) is 35.9 Å². The quantitative estimate of drug-likeness (QED) is 0.473. The molecule has 0 saturated heterocycles. The van der Waals surface area contributed by atoms with Crippen LogP contribution in [-0.4, -0.2) is 19.0 Å². The second-order valence-electron chi connectivity index (χ2n) is 3.86. The van der Waals surface area contributed by atoms with Gasteiger partial charge in [-0.25, -0.2) is 0 Å². The number of hydrogen-bond donors (Lipinski definition) is 0. The van der Waals surface area contributed by atoms with E-state index >= 15 is 0 Å². The topological polar surface area (TPSA) is 18.5 Å². The molecule has 0 saturated carbocycles. The molecule has 18 heavy (non-hydrogen) atoms. The van der Waals surface area contributed by atoms with E-state index in [1.807, 2.05) is 12.1 Å². The Kier molecular flexibility index (Phi) is 3.90. The van der Waals surface area contributed by atoms with Crippen molar-refractivity contribution in [3.8, 4) is 0 Å². The third kappa shape index (κ3) is 3.22. The molecule has 96 valence electrons. The summed E-state index contributed by atoms with van der Waals surface area (Å²) in [5, 5.41) is 0. The van der Waals surface area contributed by atoms with Gasteiger partial charge >= 0.3 is 12.9 Å². The lowest BCUT2D eigenvalue weighted by molar-refractivity contribution is 0.0905. The minimum atomic E-state index is -4.24. The Morgan fingerprint density at radius 3 is 2.56 bits per heavy atom. The third-order valence-electron chi connectivity index (χ3n) is 2.38. The molecule has 1 aliphatic heterocycles. The first-order valence-electron chi connectivity index (χ1n) is 5.73. The SMILES string of the molecule is CCSc1ccc(C2=[C+]C(C)O[B-](F)(F)O2)cc1. The smallest absolute Gasteiger partial charge is 0.601 e. The molecule has 0 aliphatic carbocycles. The standard InChI is InChI=1S/C12H13BF2O2S/c1-3-18-11-6-4-10(5-7-11)12-8-9(2)16-13(14,15)17-12/h4-7,9H,3H2,1-2H3. The Bertz CT molecular complexity index is 448. The van der Waals surface area contributed by atoms with Crippen LogP contribution in [0.3, 0.4) is 0 Å². The Hall–Kier alpha value is -1.10. The van der Waals surface area contributed by atoms with Crippen molar-refractivity contribution in [1.82, 2.24) is 0 Å².